The van der Waals surface area contributed by atoms with Crippen molar-refractivity contribution in [3.05, 3.63) is 53.5 Å². The van der Waals surface area contributed by atoms with Gasteiger partial charge in [0.05, 0.1) is 5.56 Å². The number of hydrogen-bond donors (Lipinski definition) is 1. The van der Waals surface area contributed by atoms with Gasteiger partial charge in [-0.2, -0.15) is 13.2 Å². The Morgan fingerprint density at radius 1 is 1.04 bits per heavy atom. The van der Waals surface area contributed by atoms with Crippen LogP contribution in [0.25, 0.3) is 0 Å². The average Bonchev–Trinajstić information content (AvgIpc) is 2.87. The Bertz CT molecular complexity index is 794. The number of benzene rings is 1. The number of halogens is 3. The van der Waals surface area contributed by atoms with E-state index in [2.05, 4.69) is 14.9 Å². The molecule has 0 bridgehead atoms. The minimum atomic E-state index is -4.33. The smallest absolute Gasteiger partial charge is 0.382 e. The minimum Gasteiger partial charge on any atom is -0.382 e. The van der Waals surface area contributed by atoms with E-state index in [0.717, 1.165) is 30.7 Å². The first-order chi connectivity index (χ1) is 12.8. The van der Waals surface area contributed by atoms with Crippen LogP contribution in [0.1, 0.15) is 28.0 Å². The second-order valence-electron chi connectivity index (χ2n) is 6.41. The topological polar surface area (TPSA) is 75.3 Å². The van der Waals surface area contributed by atoms with Gasteiger partial charge in [-0.3, -0.25) is 9.69 Å². The van der Waals surface area contributed by atoms with Gasteiger partial charge in [0, 0.05) is 45.1 Å². The van der Waals surface area contributed by atoms with Gasteiger partial charge in [-0.05, 0) is 24.1 Å². The van der Waals surface area contributed by atoms with Gasteiger partial charge in [0.1, 0.15) is 0 Å². The largest absolute Gasteiger partial charge is 0.416 e. The van der Waals surface area contributed by atoms with Crippen molar-refractivity contribution in [2.75, 3.05) is 31.9 Å². The van der Waals surface area contributed by atoms with Crippen LogP contribution < -0.4 is 5.73 Å². The lowest BCUT2D eigenvalue weighted by Gasteiger charge is -2.22. The highest BCUT2D eigenvalue weighted by Crippen LogP contribution is 2.29. The van der Waals surface area contributed by atoms with Crippen LogP contribution in [0, 0.1) is 0 Å². The minimum absolute atomic E-state index is 0.105. The number of hydrogen-bond acceptors (Lipinski definition) is 5. The normalized spacial score (nSPS) is 16.2. The van der Waals surface area contributed by atoms with Crippen molar-refractivity contribution in [2.45, 2.75) is 19.1 Å². The van der Waals surface area contributed by atoms with Crippen LogP contribution >= 0.6 is 0 Å². The van der Waals surface area contributed by atoms with E-state index in [-0.39, 0.29) is 17.4 Å². The number of nitrogen functional groups attached to an aromatic ring is 1. The van der Waals surface area contributed by atoms with Gasteiger partial charge >= 0.3 is 6.18 Å². The molecule has 9 heteroatoms. The summed E-state index contributed by atoms with van der Waals surface area (Å²) in [6, 6.07) is 5.19. The molecule has 3 rings (SSSR count). The lowest BCUT2D eigenvalue weighted by atomic mass is 10.1. The second kappa shape index (κ2) is 7.91. The summed E-state index contributed by atoms with van der Waals surface area (Å²) in [6.07, 6.45) is -0.713. The van der Waals surface area contributed by atoms with E-state index >= 15 is 0 Å². The number of aromatic nitrogens is 2. The molecule has 0 saturated carbocycles. The van der Waals surface area contributed by atoms with Crippen LogP contribution in [0.4, 0.5) is 19.0 Å². The fourth-order valence-corrected chi connectivity index (χ4v) is 3.05. The molecule has 1 aromatic carbocycles. The Hall–Kier alpha value is -2.68. The predicted octanol–water partition coefficient (Wildman–Crippen LogP) is 2.43. The molecule has 0 radical (unpaired) electrons. The number of anilines is 1. The predicted molar refractivity (Wildman–Crippen MR) is 93.7 cm³/mol. The van der Waals surface area contributed by atoms with Gasteiger partial charge in [-0.1, -0.05) is 12.1 Å². The molecular formula is C18H20F3N5O. The number of nitrogens with two attached hydrogens (primary N) is 1. The quantitative estimate of drug-likeness (QED) is 0.887. The van der Waals surface area contributed by atoms with Crippen LogP contribution in [0.3, 0.4) is 0 Å². The molecule has 0 unspecified atom stereocenters. The number of carbonyl (C=O) groups is 1. The van der Waals surface area contributed by atoms with Crippen LogP contribution in [-0.2, 0) is 12.7 Å². The molecule has 27 heavy (non-hydrogen) atoms. The SMILES string of the molecule is Nc1nccnc1C(=O)N1CCCN(Cc2ccc(C(F)(F)F)cc2)CC1. The lowest BCUT2D eigenvalue weighted by Crippen LogP contribution is -2.36. The van der Waals surface area contributed by atoms with Crippen molar-refractivity contribution in [1.29, 1.82) is 0 Å². The molecule has 0 atom stereocenters. The molecule has 0 aliphatic carbocycles. The standard InChI is InChI=1S/C18H20F3N5O/c19-18(20,21)14-4-2-13(3-5-14)12-25-8-1-9-26(11-10-25)17(27)15-16(22)24-7-6-23-15/h2-7H,1,8-12H2,(H2,22,24). The first kappa shape index (κ1) is 19.1. The fourth-order valence-electron chi connectivity index (χ4n) is 3.05. The molecule has 1 saturated heterocycles. The Kier molecular flexibility index (Phi) is 5.59. The molecule has 1 aliphatic heterocycles. The summed E-state index contributed by atoms with van der Waals surface area (Å²) in [6.45, 7) is 2.97. The van der Waals surface area contributed by atoms with Gasteiger partial charge < -0.3 is 10.6 Å². The third-order valence-electron chi connectivity index (χ3n) is 4.49. The van der Waals surface area contributed by atoms with E-state index in [4.69, 9.17) is 5.73 Å². The van der Waals surface area contributed by atoms with Crippen molar-refractivity contribution in [3.63, 3.8) is 0 Å². The third-order valence-corrected chi connectivity index (χ3v) is 4.49. The zero-order valence-electron chi connectivity index (χ0n) is 14.6. The summed E-state index contributed by atoms with van der Waals surface area (Å²) < 4.78 is 38.0. The second-order valence-corrected chi connectivity index (χ2v) is 6.41. The molecule has 1 fully saturated rings. The van der Waals surface area contributed by atoms with Crippen molar-refractivity contribution in [1.82, 2.24) is 19.8 Å². The number of nitrogens with zero attached hydrogens (tertiary/aromatic N) is 4. The summed E-state index contributed by atoms with van der Waals surface area (Å²) in [5.41, 5.74) is 6.03. The Labute approximate surface area is 154 Å². The zero-order valence-corrected chi connectivity index (χ0v) is 14.6. The van der Waals surface area contributed by atoms with Crippen LogP contribution in [0.5, 0.6) is 0 Å². The third kappa shape index (κ3) is 4.73. The average molecular weight is 379 g/mol. The maximum atomic E-state index is 12.7. The van der Waals surface area contributed by atoms with Crippen LogP contribution in [0.2, 0.25) is 0 Å². The number of carbonyl (C=O) groups excluding carboxylic acids is 1. The number of alkyl halides is 3. The van der Waals surface area contributed by atoms with E-state index in [9.17, 15) is 18.0 Å². The van der Waals surface area contributed by atoms with E-state index < -0.39 is 11.7 Å². The van der Waals surface area contributed by atoms with Gasteiger partial charge in [0.25, 0.3) is 5.91 Å². The van der Waals surface area contributed by atoms with Crippen molar-refractivity contribution >= 4 is 11.7 Å². The zero-order chi connectivity index (χ0) is 19.4. The Morgan fingerprint density at radius 3 is 2.41 bits per heavy atom. The molecule has 144 valence electrons. The van der Waals surface area contributed by atoms with E-state index in [1.165, 1.54) is 24.5 Å². The molecule has 1 aliphatic rings. The molecule has 2 aromatic rings. The van der Waals surface area contributed by atoms with Crippen molar-refractivity contribution in [3.8, 4) is 0 Å². The van der Waals surface area contributed by atoms with Crippen LogP contribution in [-0.4, -0.2) is 51.9 Å². The highest BCUT2D eigenvalue weighted by molar-refractivity contribution is 5.96. The van der Waals surface area contributed by atoms with E-state index in [1.807, 2.05) is 0 Å². The first-order valence-corrected chi connectivity index (χ1v) is 8.59. The van der Waals surface area contributed by atoms with E-state index in [0.29, 0.717) is 26.2 Å². The maximum absolute atomic E-state index is 12.7. The summed E-state index contributed by atoms with van der Waals surface area (Å²) in [5.74, 6) is -0.148. The van der Waals surface area contributed by atoms with Crippen molar-refractivity contribution in [2.24, 2.45) is 0 Å². The molecule has 6 nitrogen and oxygen atoms in total. The fraction of sp³-hybridized carbons (Fsp3) is 0.389. The summed E-state index contributed by atoms with van der Waals surface area (Å²) >= 11 is 0. The van der Waals surface area contributed by atoms with Gasteiger partial charge in [0.2, 0.25) is 0 Å². The monoisotopic (exact) mass is 379 g/mol. The molecule has 2 N–H and O–H groups in total. The summed E-state index contributed by atoms with van der Waals surface area (Å²) in [4.78, 5) is 24.3. The van der Waals surface area contributed by atoms with E-state index in [1.54, 1.807) is 4.90 Å². The lowest BCUT2D eigenvalue weighted by molar-refractivity contribution is -0.137. The maximum Gasteiger partial charge on any atom is 0.416 e. The van der Waals surface area contributed by atoms with Gasteiger partial charge in [0.15, 0.2) is 11.5 Å². The Morgan fingerprint density at radius 2 is 1.74 bits per heavy atom. The molecule has 1 amide bonds. The molecular weight excluding hydrogens is 359 g/mol. The molecule has 1 aromatic heterocycles. The highest BCUT2D eigenvalue weighted by Gasteiger charge is 2.30. The van der Waals surface area contributed by atoms with Gasteiger partial charge in [-0.25, -0.2) is 9.97 Å². The Balaban J connectivity index is 1.60. The number of rotatable bonds is 3. The molecule has 2 heterocycles. The van der Waals surface area contributed by atoms with Crippen LogP contribution in [0.15, 0.2) is 36.7 Å². The summed E-state index contributed by atoms with van der Waals surface area (Å²) in [7, 11) is 0. The van der Waals surface area contributed by atoms with Gasteiger partial charge in [-0.15, -0.1) is 0 Å². The highest BCUT2D eigenvalue weighted by atomic mass is 19.4. The molecule has 0 spiro atoms. The van der Waals surface area contributed by atoms with Crippen molar-refractivity contribution < 1.29 is 18.0 Å². The summed E-state index contributed by atoms with van der Waals surface area (Å²) in [5, 5.41) is 0. The number of amides is 1. The first-order valence-electron chi connectivity index (χ1n) is 8.59.